The predicted molar refractivity (Wildman–Crippen MR) is 93.4 cm³/mol. The van der Waals surface area contributed by atoms with Gasteiger partial charge in [-0.15, -0.1) is 0 Å². The third-order valence-electron chi connectivity index (χ3n) is 4.67. The zero-order valence-corrected chi connectivity index (χ0v) is 15.6. The molecule has 0 radical (unpaired) electrons. The molecule has 2 rings (SSSR count). The van der Waals surface area contributed by atoms with Crippen molar-refractivity contribution in [2.45, 2.75) is 65.5 Å². The van der Waals surface area contributed by atoms with Crippen LogP contribution in [-0.4, -0.2) is 45.5 Å². The van der Waals surface area contributed by atoms with Gasteiger partial charge in [-0.1, -0.05) is 13.8 Å². The summed E-state index contributed by atoms with van der Waals surface area (Å²) < 4.78 is 7.32. The summed E-state index contributed by atoms with van der Waals surface area (Å²) in [6.07, 6.45) is 1.35. The molecule has 0 spiro atoms. The standard InChI is InChI=1S/C18H29N3O4/c1-12(2)10-21-14(4)15(13(3)20-21)5-6-16(22)19-18(9-17(23)24)7-8-25-11-18/h12H,5-11H2,1-4H3,(H,19,22)(H,23,24). The summed E-state index contributed by atoms with van der Waals surface area (Å²) in [5, 5.41) is 16.6. The van der Waals surface area contributed by atoms with Crippen LogP contribution >= 0.6 is 0 Å². The van der Waals surface area contributed by atoms with Crippen LogP contribution in [0, 0.1) is 19.8 Å². The third kappa shape index (κ3) is 5.04. The number of carboxylic acid groups (broad SMARTS) is 1. The van der Waals surface area contributed by atoms with Gasteiger partial charge in [0.2, 0.25) is 5.91 Å². The lowest BCUT2D eigenvalue weighted by molar-refractivity contribution is -0.139. The Morgan fingerprint density at radius 1 is 1.40 bits per heavy atom. The first kappa shape index (κ1) is 19.4. The molecule has 1 fully saturated rings. The van der Waals surface area contributed by atoms with Crippen LogP contribution in [0.25, 0.3) is 0 Å². The van der Waals surface area contributed by atoms with Gasteiger partial charge in [0, 0.05) is 25.3 Å². The number of nitrogens with zero attached hydrogens (tertiary/aromatic N) is 2. The van der Waals surface area contributed by atoms with Gasteiger partial charge < -0.3 is 15.2 Å². The highest BCUT2D eigenvalue weighted by Crippen LogP contribution is 2.23. The van der Waals surface area contributed by atoms with E-state index < -0.39 is 11.5 Å². The van der Waals surface area contributed by atoms with Crippen molar-refractivity contribution in [2.24, 2.45) is 5.92 Å². The summed E-state index contributed by atoms with van der Waals surface area (Å²) in [6, 6.07) is 0. The second kappa shape index (κ2) is 7.99. The molecule has 2 heterocycles. The van der Waals surface area contributed by atoms with Crippen LogP contribution in [0.2, 0.25) is 0 Å². The number of hydrogen-bond acceptors (Lipinski definition) is 4. The molecule has 0 aliphatic carbocycles. The number of carbonyl (C=O) groups excluding carboxylic acids is 1. The van der Waals surface area contributed by atoms with Gasteiger partial charge in [0.25, 0.3) is 0 Å². The zero-order valence-electron chi connectivity index (χ0n) is 15.6. The fraction of sp³-hybridized carbons (Fsp3) is 0.722. The van der Waals surface area contributed by atoms with E-state index in [4.69, 9.17) is 9.84 Å². The van der Waals surface area contributed by atoms with Gasteiger partial charge >= 0.3 is 5.97 Å². The van der Waals surface area contributed by atoms with Crippen molar-refractivity contribution >= 4 is 11.9 Å². The molecule has 1 atom stereocenters. The molecule has 0 saturated carbocycles. The van der Waals surface area contributed by atoms with E-state index in [1.165, 1.54) is 0 Å². The molecule has 2 N–H and O–H groups in total. The predicted octanol–water partition coefficient (Wildman–Crippen LogP) is 1.84. The van der Waals surface area contributed by atoms with Crippen molar-refractivity contribution in [1.82, 2.24) is 15.1 Å². The number of nitrogens with one attached hydrogen (secondary N) is 1. The molecule has 0 bridgehead atoms. The number of carbonyl (C=O) groups is 2. The van der Waals surface area contributed by atoms with E-state index in [0.717, 1.165) is 23.5 Å². The van der Waals surface area contributed by atoms with Crippen LogP contribution in [-0.2, 0) is 27.3 Å². The molecule has 140 valence electrons. The number of rotatable bonds is 8. The second-order valence-corrected chi connectivity index (χ2v) is 7.43. The Balaban J connectivity index is 1.98. The lowest BCUT2D eigenvalue weighted by atomic mass is 9.94. The highest BCUT2D eigenvalue weighted by Gasteiger charge is 2.38. The van der Waals surface area contributed by atoms with Gasteiger partial charge in [-0.05, 0) is 38.2 Å². The highest BCUT2D eigenvalue weighted by atomic mass is 16.5. The topological polar surface area (TPSA) is 93.5 Å². The summed E-state index contributed by atoms with van der Waals surface area (Å²) in [7, 11) is 0. The largest absolute Gasteiger partial charge is 0.481 e. The van der Waals surface area contributed by atoms with E-state index in [2.05, 4.69) is 24.3 Å². The molecule has 1 amide bonds. The van der Waals surface area contributed by atoms with Crippen molar-refractivity contribution in [3.05, 3.63) is 17.0 Å². The Kier molecular flexibility index (Phi) is 6.21. The number of aliphatic carboxylic acids is 1. The summed E-state index contributed by atoms with van der Waals surface area (Å²) >= 11 is 0. The summed E-state index contributed by atoms with van der Waals surface area (Å²) in [4.78, 5) is 23.5. The summed E-state index contributed by atoms with van der Waals surface area (Å²) in [5.41, 5.74) is 2.39. The maximum absolute atomic E-state index is 12.4. The number of carboxylic acids is 1. The first-order chi connectivity index (χ1) is 11.7. The van der Waals surface area contributed by atoms with Gasteiger partial charge in [-0.25, -0.2) is 0 Å². The molecular formula is C18H29N3O4. The number of amides is 1. The first-order valence-corrected chi connectivity index (χ1v) is 8.86. The molecule has 1 aliphatic heterocycles. The van der Waals surface area contributed by atoms with Crippen LogP contribution in [0.4, 0.5) is 0 Å². The number of aryl methyl sites for hydroxylation is 1. The Bertz CT molecular complexity index is 631. The normalized spacial score (nSPS) is 20.2. The van der Waals surface area contributed by atoms with E-state index in [1.54, 1.807) is 0 Å². The number of aromatic nitrogens is 2. The van der Waals surface area contributed by atoms with Crippen LogP contribution < -0.4 is 5.32 Å². The SMILES string of the molecule is Cc1nn(CC(C)C)c(C)c1CCC(=O)NC1(CC(=O)O)CCOC1. The Morgan fingerprint density at radius 3 is 2.68 bits per heavy atom. The average Bonchev–Trinajstić information content (AvgIpc) is 3.02. The minimum Gasteiger partial charge on any atom is -0.481 e. The van der Waals surface area contributed by atoms with Crippen LogP contribution in [0.5, 0.6) is 0 Å². The van der Waals surface area contributed by atoms with Crippen molar-refractivity contribution < 1.29 is 19.4 Å². The minimum atomic E-state index is -0.924. The Hall–Kier alpha value is -1.89. The second-order valence-electron chi connectivity index (χ2n) is 7.43. The molecule has 0 aromatic carbocycles. The molecule has 1 aliphatic rings. The molecule has 25 heavy (non-hydrogen) atoms. The monoisotopic (exact) mass is 351 g/mol. The fourth-order valence-corrected chi connectivity index (χ4v) is 3.40. The van der Waals surface area contributed by atoms with Crippen LogP contribution in [0.15, 0.2) is 0 Å². The smallest absolute Gasteiger partial charge is 0.305 e. The van der Waals surface area contributed by atoms with Gasteiger partial charge in [-0.3, -0.25) is 14.3 Å². The highest BCUT2D eigenvalue weighted by molar-refractivity contribution is 5.78. The van der Waals surface area contributed by atoms with Crippen molar-refractivity contribution in [3.63, 3.8) is 0 Å². The fourth-order valence-electron chi connectivity index (χ4n) is 3.40. The van der Waals surface area contributed by atoms with Crippen LogP contribution in [0.3, 0.4) is 0 Å². The zero-order chi connectivity index (χ0) is 18.6. The van der Waals surface area contributed by atoms with Gasteiger partial charge in [-0.2, -0.15) is 5.10 Å². The molecule has 1 aromatic rings. The lowest BCUT2D eigenvalue weighted by Crippen LogP contribution is -2.50. The van der Waals surface area contributed by atoms with E-state index in [9.17, 15) is 9.59 Å². The molecular weight excluding hydrogens is 322 g/mol. The third-order valence-corrected chi connectivity index (χ3v) is 4.67. The van der Waals surface area contributed by atoms with Gasteiger partial charge in [0.05, 0.1) is 24.3 Å². The van der Waals surface area contributed by atoms with Gasteiger partial charge in [0.15, 0.2) is 0 Å². The van der Waals surface area contributed by atoms with Crippen molar-refractivity contribution in [3.8, 4) is 0 Å². The summed E-state index contributed by atoms with van der Waals surface area (Å²) in [5.74, 6) is -0.554. The van der Waals surface area contributed by atoms with Crippen molar-refractivity contribution in [1.29, 1.82) is 0 Å². The number of ether oxygens (including phenoxy) is 1. The molecule has 1 aromatic heterocycles. The molecule has 1 unspecified atom stereocenters. The average molecular weight is 351 g/mol. The maximum atomic E-state index is 12.4. The number of hydrogen-bond donors (Lipinski definition) is 2. The van der Waals surface area contributed by atoms with E-state index in [-0.39, 0.29) is 18.9 Å². The molecule has 7 nitrogen and oxygen atoms in total. The van der Waals surface area contributed by atoms with Gasteiger partial charge in [0.1, 0.15) is 0 Å². The Morgan fingerprint density at radius 2 is 2.12 bits per heavy atom. The molecule has 7 heteroatoms. The van der Waals surface area contributed by atoms with E-state index in [1.807, 2.05) is 18.5 Å². The quantitative estimate of drug-likeness (QED) is 0.745. The first-order valence-electron chi connectivity index (χ1n) is 8.86. The summed E-state index contributed by atoms with van der Waals surface area (Å²) in [6.45, 7) is 9.89. The maximum Gasteiger partial charge on any atom is 0.305 e. The van der Waals surface area contributed by atoms with E-state index >= 15 is 0 Å². The minimum absolute atomic E-state index is 0.108. The van der Waals surface area contributed by atoms with Crippen molar-refractivity contribution in [2.75, 3.05) is 13.2 Å². The van der Waals surface area contributed by atoms with Crippen LogP contribution in [0.1, 0.15) is 50.1 Å². The molecule has 1 saturated heterocycles. The Labute approximate surface area is 148 Å². The van der Waals surface area contributed by atoms with E-state index in [0.29, 0.717) is 31.8 Å². The lowest BCUT2D eigenvalue weighted by Gasteiger charge is -2.27.